The highest BCUT2D eigenvalue weighted by Crippen LogP contribution is 2.24. The maximum atomic E-state index is 11.8. The highest BCUT2D eigenvalue weighted by molar-refractivity contribution is 7.91. The first-order chi connectivity index (χ1) is 10.7. The zero-order chi connectivity index (χ0) is 16.8. The van der Waals surface area contributed by atoms with Crippen molar-refractivity contribution in [3.63, 3.8) is 0 Å². The Morgan fingerprint density at radius 3 is 2.57 bits per heavy atom. The third-order valence-corrected chi connectivity index (χ3v) is 6.45. The summed E-state index contributed by atoms with van der Waals surface area (Å²) in [5.74, 6) is 0.443. The van der Waals surface area contributed by atoms with E-state index >= 15 is 0 Å². The van der Waals surface area contributed by atoms with Crippen molar-refractivity contribution >= 4 is 20.8 Å². The molecule has 3 rings (SSSR count). The molecule has 124 valence electrons. The predicted octanol–water partition coefficient (Wildman–Crippen LogP) is 2.03. The molecule has 23 heavy (non-hydrogen) atoms. The van der Waals surface area contributed by atoms with Crippen molar-refractivity contribution in [1.29, 1.82) is 0 Å². The van der Waals surface area contributed by atoms with Crippen LogP contribution in [0.4, 0.5) is 0 Å². The Hall–Kier alpha value is -1.66. The van der Waals surface area contributed by atoms with E-state index < -0.39 is 9.84 Å². The number of sulfone groups is 1. The summed E-state index contributed by atoms with van der Waals surface area (Å²) < 4.78 is 28.6. The van der Waals surface area contributed by atoms with E-state index in [0.29, 0.717) is 18.5 Å². The van der Waals surface area contributed by atoms with Gasteiger partial charge in [-0.2, -0.15) is 0 Å². The van der Waals surface area contributed by atoms with Gasteiger partial charge in [-0.1, -0.05) is 0 Å². The molecule has 2 heterocycles. The van der Waals surface area contributed by atoms with E-state index in [-0.39, 0.29) is 23.2 Å². The van der Waals surface area contributed by atoms with Crippen molar-refractivity contribution < 1.29 is 12.8 Å². The van der Waals surface area contributed by atoms with Crippen LogP contribution in [-0.2, 0) is 16.4 Å². The molecule has 0 aliphatic carbocycles. The lowest BCUT2D eigenvalue weighted by Crippen LogP contribution is -2.32. The first-order valence-electron chi connectivity index (χ1n) is 7.70. The Labute approximate surface area is 135 Å². The molecule has 1 aromatic heterocycles. The van der Waals surface area contributed by atoms with Gasteiger partial charge in [0.15, 0.2) is 9.84 Å². The third kappa shape index (κ3) is 3.33. The lowest BCUT2D eigenvalue weighted by atomic mass is 10.0. The van der Waals surface area contributed by atoms with Crippen LogP contribution in [0.3, 0.4) is 0 Å². The van der Waals surface area contributed by atoms with E-state index in [9.17, 15) is 13.2 Å². The topological polar surface area (TPSA) is 67.6 Å². The molecule has 1 fully saturated rings. The minimum absolute atomic E-state index is 0.00819. The highest BCUT2D eigenvalue weighted by atomic mass is 32.2. The molecule has 6 heteroatoms. The summed E-state index contributed by atoms with van der Waals surface area (Å²) in [4.78, 5) is 13.8. The summed E-state index contributed by atoms with van der Waals surface area (Å²) in [7, 11) is -1.01. The molecule has 2 aromatic rings. The second-order valence-electron chi connectivity index (χ2n) is 6.50. The van der Waals surface area contributed by atoms with E-state index in [0.717, 1.165) is 22.1 Å². The summed E-state index contributed by atoms with van der Waals surface area (Å²) in [6, 6.07) is 5.43. The monoisotopic (exact) mass is 335 g/mol. The summed E-state index contributed by atoms with van der Waals surface area (Å²) in [6.07, 6.45) is 0.649. The summed E-state index contributed by atoms with van der Waals surface area (Å²) in [6.45, 7) is 4.54. The van der Waals surface area contributed by atoms with Gasteiger partial charge in [0.05, 0.1) is 11.5 Å². The number of benzene rings is 1. The van der Waals surface area contributed by atoms with Crippen LogP contribution < -0.4 is 5.63 Å². The van der Waals surface area contributed by atoms with Crippen molar-refractivity contribution in [2.75, 3.05) is 18.6 Å². The van der Waals surface area contributed by atoms with E-state index in [1.807, 2.05) is 37.9 Å². The Bertz CT molecular complexity index is 914. The zero-order valence-electron chi connectivity index (χ0n) is 13.6. The molecule has 0 amide bonds. The van der Waals surface area contributed by atoms with Crippen LogP contribution in [0.1, 0.15) is 23.1 Å². The second kappa shape index (κ2) is 5.76. The van der Waals surface area contributed by atoms with E-state index in [2.05, 4.69) is 0 Å². The van der Waals surface area contributed by atoms with Gasteiger partial charge in [0.1, 0.15) is 5.58 Å². The molecule has 1 aliphatic heterocycles. The maximum Gasteiger partial charge on any atom is 0.336 e. The van der Waals surface area contributed by atoms with Crippen LogP contribution in [0, 0.1) is 13.8 Å². The predicted molar refractivity (Wildman–Crippen MR) is 90.5 cm³/mol. The largest absolute Gasteiger partial charge is 0.423 e. The lowest BCUT2D eigenvalue weighted by molar-refractivity contribution is 0.254. The smallest absolute Gasteiger partial charge is 0.336 e. The summed E-state index contributed by atoms with van der Waals surface area (Å²) in [5, 5.41) is 0.917. The fourth-order valence-corrected chi connectivity index (χ4v) is 4.94. The van der Waals surface area contributed by atoms with Gasteiger partial charge < -0.3 is 4.42 Å². The van der Waals surface area contributed by atoms with Crippen LogP contribution >= 0.6 is 0 Å². The van der Waals surface area contributed by atoms with Crippen molar-refractivity contribution in [3.8, 4) is 0 Å². The Balaban J connectivity index is 1.96. The number of nitrogens with zero attached hydrogens (tertiary/aromatic N) is 1. The number of hydrogen-bond donors (Lipinski definition) is 0. The molecule has 0 saturated carbocycles. The SMILES string of the molecule is Cc1cc2oc(=O)cc(CN(C)[C@@H]3CCS(=O)(=O)C3)c2cc1C. The molecule has 0 radical (unpaired) electrons. The van der Waals surface area contributed by atoms with Gasteiger partial charge in [-0.3, -0.25) is 4.90 Å². The molecule has 0 N–H and O–H groups in total. The minimum Gasteiger partial charge on any atom is -0.423 e. The van der Waals surface area contributed by atoms with Gasteiger partial charge in [-0.15, -0.1) is 0 Å². The molecule has 1 aromatic carbocycles. The molecule has 0 spiro atoms. The van der Waals surface area contributed by atoms with Gasteiger partial charge >= 0.3 is 5.63 Å². The fraction of sp³-hybridized carbons (Fsp3) is 0.471. The maximum absolute atomic E-state index is 11.8. The van der Waals surface area contributed by atoms with Crippen molar-refractivity contribution in [2.45, 2.75) is 32.9 Å². The molecule has 0 bridgehead atoms. The average molecular weight is 335 g/mol. The first-order valence-corrected chi connectivity index (χ1v) is 9.52. The van der Waals surface area contributed by atoms with Crippen LogP contribution in [0.25, 0.3) is 11.0 Å². The molecular weight excluding hydrogens is 314 g/mol. The lowest BCUT2D eigenvalue weighted by Gasteiger charge is -2.23. The van der Waals surface area contributed by atoms with Gasteiger partial charge in [-0.05, 0) is 56.1 Å². The van der Waals surface area contributed by atoms with E-state index in [4.69, 9.17) is 4.42 Å². The van der Waals surface area contributed by atoms with E-state index in [1.165, 1.54) is 6.07 Å². The number of fused-ring (bicyclic) bond motifs is 1. The first kappa shape index (κ1) is 16.2. The minimum atomic E-state index is -2.92. The van der Waals surface area contributed by atoms with Gasteiger partial charge in [0, 0.05) is 24.0 Å². The Morgan fingerprint density at radius 1 is 1.22 bits per heavy atom. The third-order valence-electron chi connectivity index (χ3n) is 4.70. The number of aryl methyl sites for hydroxylation is 2. The second-order valence-corrected chi connectivity index (χ2v) is 8.72. The van der Waals surface area contributed by atoms with Gasteiger partial charge in [0.25, 0.3) is 0 Å². The molecule has 5 nitrogen and oxygen atoms in total. The van der Waals surface area contributed by atoms with Gasteiger partial charge in [0.2, 0.25) is 0 Å². The van der Waals surface area contributed by atoms with Gasteiger partial charge in [-0.25, -0.2) is 13.2 Å². The van der Waals surface area contributed by atoms with Crippen molar-refractivity contribution in [3.05, 3.63) is 45.3 Å². The number of hydrogen-bond acceptors (Lipinski definition) is 5. The average Bonchev–Trinajstić information content (AvgIpc) is 2.81. The Kier molecular flexibility index (Phi) is 4.06. The molecule has 1 aliphatic rings. The standard InChI is InChI=1S/C17H21NO4S/c1-11-6-15-13(8-17(19)22-16(15)7-12(11)2)9-18(3)14-4-5-23(20,21)10-14/h6-8,14H,4-5,9-10H2,1-3H3/t14-/m1/s1. The van der Waals surface area contributed by atoms with E-state index in [1.54, 1.807) is 0 Å². The highest BCUT2D eigenvalue weighted by Gasteiger charge is 2.30. The van der Waals surface area contributed by atoms with Crippen molar-refractivity contribution in [1.82, 2.24) is 4.90 Å². The molecule has 1 atom stereocenters. The molecule has 0 unspecified atom stereocenters. The van der Waals surface area contributed by atoms with Crippen LogP contribution in [0.5, 0.6) is 0 Å². The Morgan fingerprint density at radius 2 is 1.91 bits per heavy atom. The molecular formula is C17H21NO4S. The van der Waals surface area contributed by atoms with Crippen LogP contribution in [0.2, 0.25) is 0 Å². The zero-order valence-corrected chi connectivity index (χ0v) is 14.4. The molecule has 1 saturated heterocycles. The van der Waals surface area contributed by atoms with Crippen LogP contribution in [-0.4, -0.2) is 37.9 Å². The summed E-state index contributed by atoms with van der Waals surface area (Å²) >= 11 is 0. The van der Waals surface area contributed by atoms with Crippen molar-refractivity contribution in [2.24, 2.45) is 0 Å². The van der Waals surface area contributed by atoms with Crippen LogP contribution in [0.15, 0.2) is 27.4 Å². The number of rotatable bonds is 3. The quantitative estimate of drug-likeness (QED) is 0.803. The fourth-order valence-electron chi connectivity index (χ4n) is 3.13. The normalized spacial score (nSPS) is 20.4. The summed E-state index contributed by atoms with van der Waals surface area (Å²) in [5.41, 5.74) is 3.31.